The van der Waals surface area contributed by atoms with Crippen LogP contribution in [0.1, 0.15) is 44.6 Å². The fraction of sp³-hybridized carbons (Fsp3) is 0.600. The zero-order chi connectivity index (χ0) is 13.6. The number of azide groups is 1. The first-order valence-electron chi connectivity index (χ1n) is 7.05. The van der Waals surface area contributed by atoms with E-state index in [9.17, 15) is 0 Å². The zero-order valence-corrected chi connectivity index (χ0v) is 11.5. The summed E-state index contributed by atoms with van der Waals surface area (Å²) in [4.78, 5) is 2.96. The molecule has 0 saturated heterocycles. The highest BCUT2D eigenvalue weighted by Crippen LogP contribution is 2.43. The van der Waals surface area contributed by atoms with Gasteiger partial charge in [-0.1, -0.05) is 48.6 Å². The number of hydrogen-bond acceptors (Lipinski definition) is 2. The van der Waals surface area contributed by atoms with E-state index < -0.39 is 0 Å². The number of ether oxygens (including phenoxy) is 1. The molecule has 0 N–H and O–H groups in total. The number of rotatable bonds is 5. The standard InChI is InChI=1S/C15H21N3O/c1-2-19-12-15(10-6-3-7-11-15)13-8-4-5-9-14(13)17-18-16/h4-5,8-9H,2-3,6-7,10-12H2,1H3. The second-order valence-electron chi connectivity index (χ2n) is 5.18. The first kappa shape index (κ1) is 13.9. The minimum Gasteiger partial charge on any atom is -0.381 e. The molecule has 2 rings (SSSR count). The van der Waals surface area contributed by atoms with Crippen LogP contribution < -0.4 is 0 Å². The van der Waals surface area contributed by atoms with Gasteiger partial charge >= 0.3 is 0 Å². The van der Waals surface area contributed by atoms with Gasteiger partial charge in [0.25, 0.3) is 0 Å². The van der Waals surface area contributed by atoms with Crippen LogP contribution in [0.15, 0.2) is 29.4 Å². The van der Waals surface area contributed by atoms with Gasteiger partial charge in [-0.25, -0.2) is 0 Å². The Hall–Kier alpha value is -1.51. The highest BCUT2D eigenvalue weighted by atomic mass is 16.5. The van der Waals surface area contributed by atoms with E-state index in [0.29, 0.717) is 0 Å². The Balaban J connectivity index is 2.39. The molecule has 0 atom stereocenters. The number of benzene rings is 1. The van der Waals surface area contributed by atoms with Gasteiger partial charge in [0.1, 0.15) is 0 Å². The van der Waals surface area contributed by atoms with Crippen molar-refractivity contribution in [3.8, 4) is 0 Å². The Kier molecular flexibility index (Phi) is 4.83. The van der Waals surface area contributed by atoms with Crippen LogP contribution in [0, 0.1) is 0 Å². The van der Waals surface area contributed by atoms with Crippen molar-refractivity contribution in [3.63, 3.8) is 0 Å². The summed E-state index contributed by atoms with van der Waals surface area (Å²) in [5.41, 5.74) is 10.7. The third-order valence-electron chi connectivity index (χ3n) is 4.02. The molecule has 0 heterocycles. The maximum atomic E-state index is 8.73. The lowest BCUT2D eigenvalue weighted by Gasteiger charge is -2.38. The summed E-state index contributed by atoms with van der Waals surface area (Å²) in [6, 6.07) is 7.93. The number of hydrogen-bond donors (Lipinski definition) is 0. The molecular formula is C15H21N3O. The number of nitrogens with zero attached hydrogens (tertiary/aromatic N) is 3. The molecule has 1 aliphatic carbocycles. The summed E-state index contributed by atoms with van der Waals surface area (Å²) in [7, 11) is 0. The minimum absolute atomic E-state index is 0.0268. The predicted octanol–water partition coefficient (Wildman–Crippen LogP) is 4.87. The van der Waals surface area contributed by atoms with Crippen molar-refractivity contribution >= 4 is 5.69 Å². The molecule has 1 aliphatic rings. The molecule has 0 amide bonds. The van der Waals surface area contributed by atoms with Crippen molar-refractivity contribution in [1.29, 1.82) is 0 Å². The second kappa shape index (κ2) is 6.60. The van der Waals surface area contributed by atoms with Crippen molar-refractivity contribution in [1.82, 2.24) is 0 Å². The van der Waals surface area contributed by atoms with E-state index in [0.717, 1.165) is 37.3 Å². The lowest BCUT2D eigenvalue weighted by atomic mass is 9.69. The van der Waals surface area contributed by atoms with E-state index in [4.69, 9.17) is 10.3 Å². The third kappa shape index (κ3) is 3.09. The van der Waals surface area contributed by atoms with Crippen LogP contribution >= 0.6 is 0 Å². The summed E-state index contributed by atoms with van der Waals surface area (Å²) >= 11 is 0. The van der Waals surface area contributed by atoms with Crippen molar-refractivity contribution in [2.75, 3.05) is 13.2 Å². The normalized spacial score (nSPS) is 17.7. The van der Waals surface area contributed by atoms with Crippen LogP contribution in [0.25, 0.3) is 10.4 Å². The lowest BCUT2D eigenvalue weighted by molar-refractivity contribution is 0.0724. The Morgan fingerprint density at radius 2 is 2.00 bits per heavy atom. The van der Waals surface area contributed by atoms with Crippen LogP contribution in [-0.4, -0.2) is 13.2 Å². The third-order valence-corrected chi connectivity index (χ3v) is 4.02. The van der Waals surface area contributed by atoms with Crippen molar-refractivity contribution in [2.45, 2.75) is 44.4 Å². The predicted molar refractivity (Wildman–Crippen MR) is 76.5 cm³/mol. The molecular weight excluding hydrogens is 238 g/mol. The van der Waals surface area contributed by atoms with Gasteiger partial charge in [-0.05, 0) is 30.9 Å². The first-order valence-corrected chi connectivity index (χ1v) is 7.05. The van der Waals surface area contributed by atoms with Crippen LogP contribution in [-0.2, 0) is 10.2 Å². The average molecular weight is 259 g/mol. The summed E-state index contributed by atoms with van der Waals surface area (Å²) in [6.45, 7) is 3.47. The molecule has 19 heavy (non-hydrogen) atoms. The Labute approximate surface area is 114 Å². The molecule has 0 radical (unpaired) electrons. The van der Waals surface area contributed by atoms with Crippen LogP contribution in [0.5, 0.6) is 0 Å². The Morgan fingerprint density at radius 3 is 2.68 bits per heavy atom. The van der Waals surface area contributed by atoms with Crippen molar-refractivity contribution < 1.29 is 4.74 Å². The lowest BCUT2D eigenvalue weighted by Crippen LogP contribution is -2.34. The molecule has 0 bridgehead atoms. The fourth-order valence-corrected chi connectivity index (χ4v) is 3.07. The van der Waals surface area contributed by atoms with E-state index in [1.54, 1.807) is 0 Å². The van der Waals surface area contributed by atoms with Gasteiger partial charge in [-0.15, -0.1) is 0 Å². The van der Waals surface area contributed by atoms with E-state index >= 15 is 0 Å². The van der Waals surface area contributed by atoms with Gasteiger partial charge in [0.15, 0.2) is 0 Å². The van der Waals surface area contributed by atoms with Crippen LogP contribution in [0.3, 0.4) is 0 Å². The maximum absolute atomic E-state index is 8.73. The van der Waals surface area contributed by atoms with E-state index in [1.807, 2.05) is 25.1 Å². The largest absolute Gasteiger partial charge is 0.381 e. The smallest absolute Gasteiger partial charge is 0.0562 e. The Morgan fingerprint density at radius 1 is 1.26 bits per heavy atom. The van der Waals surface area contributed by atoms with E-state index in [2.05, 4.69) is 16.1 Å². The Bertz CT molecular complexity index is 460. The van der Waals surface area contributed by atoms with E-state index in [1.165, 1.54) is 19.3 Å². The van der Waals surface area contributed by atoms with Crippen LogP contribution in [0.2, 0.25) is 0 Å². The van der Waals surface area contributed by atoms with Crippen molar-refractivity contribution in [2.24, 2.45) is 5.11 Å². The zero-order valence-electron chi connectivity index (χ0n) is 11.5. The maximum Gasteiger partial charge on any atom is 0.0562 e. The summed E-state index contributed by atoms with van der Waals surface area (Å²) < 4.78 is 5.73. The molecule has 4 heteroatoms. The molecule has 1 aromatic rings. The molecule has 1 fully saturated rings. The van der Waals surface area contributed by atoms with Crippen molar-refractivity contribution in [3.05, 3.63) is 40.3 Å². The first-order chi connectivity index (χ1) is 9.32. The topological polar surface area (TPSA) is 58.0 Å². The van der Waals surface area contributed by atoms with Gasteiger partial charge in [0, 0.05) is 22.6 Å². The summed E-state index contributed by atoms with van der Waals surface area (Å²) in [5.74, 6) is 0. The highest BCUT2D eigenvalue weighted by Gasteiger charge is 2.35. The highest BCUT2D eigenvalue weighted by molar-refractivity contribution is 5.50. The molecule has 0 spiro atoms. The molecule has 1 aromatic carbocycles. The fourth-order valence-electron chi connectivity index (χ4n) is 3.07. The van der Waals surface area contributed by atoms with Gasteiger partial charge in [0.2, 0.25) is 0 Å². The minimum atomic E-state index is 0.0268. The average Bonchev–Trinajstić information content (AvgIpc) is 2.47. The second-order valence-corrected chi connectivity index (χ2v) is 5.18. The molecule has 0 aromatic heterocycles. The summed E-state index contributed by atoms with van der Waals surface area (Å²) in [6.07, 6.45) is 5.96. The van der Waals surface area contributed by atoms with Gasteiger partial charge in [-0.3, -0.25) is 0 Å². The molecule has 0 aliphatic heterocycles. The van der Waals surface area contributed by atoms with Gasteiger partial charge < -0.3 is 4.74 Å². The molecule has 1 saturated carbocycles. The molecule has 102 valence electrons. The SMILES string of the molecule is CCOCC1(c2ccccc2N=[N+]=[N-])CCCCC1. The molecule has 0 unspecified atom stereocenters. The van der Waals surface area contributed by atoms with Gasteiger partial charge in [0.05, 0.1) is 6.61 Å². The van der Waals surface area contributed by atoms with E-state index in [-0.39, 0.29) is 5.41 Å². The van der Waals surface area contributed by atoms with Crippen LogP contribution in [0.4, 0.5) is 5.69 Å². The summed E-state index contributed by atoms with van der Waals surface area (Å²) in [5, 5.41) is 3.86. The van der Waals surface area contributed by atoms with Gasteiger partial charge in [-0.2, -0.15) is 0 Å². The molecule has 4 nitrogen and oxygen atoms in total. The monoisotopic (exact) mass is 259 g/mol. The quantitative estimate of drug-likeness (QED) is 0.423.